The standard InChI is InChI=1S/C10H10ClFO/c1-7-3-2-4-8(10(7)12)5-6-9(11)13/h2-4H,5-6H2,1H3. The van der Waals surface area contributed by atoms with Crippen molar-refractivity contribution < 1.29 is 9.18 Å². The molecule has 70 valence electrons. The first-order chi connectivity index (χ1) is 6.11. The molecular weight excluding hydrogens is 191 g/mol. The maximum Gasteiger partial charge on any atom is 0.221 e. The van der Waals surface area contributed by atoms with Crippen LogP contribution in [-0.2, 0) is 11.2 Å². The predicted molar refractivity (Wildman–Crippen MR) is 50.3 cm³/mol. The molecule has 0 spiro atoms. The minimum Gasteiger partial charge on any atom is -0.281 e. The summed E-state index contributed by atoms with van der Waals surface area (Å²) in [6, 6.07) is 5.13. The van der Waals surface area contributed by atoms with Crippen molar-refractivity contribution in [2.75, 3.05) is 0 Å². The SMILES string of the molecule is Cc1cccc(CCC(=O)Cl)c1F. The van der Waals surface area contributed by atoms with E-state index < -0.39 is 5.24 Å². The molecule has 0 amide bonds. The van der Waals surface area contributed by atoms with E-state index in [4.69, 9.17) is 11.6 Å². The Hall–Kier alpha value is -0.890. The van der Waals surface area contributed by atoms with Crippen LogP contribution in [-0.4, -0.2) is 5.24 Å². The molecule has 0 aliphatic rings. The van der Waals surface area contributed by atoms with E-state index in [0.717, 1.165) is 0 Å². The number of rotatable bonds is 3. The number of hydrogen-bond donors (Lipinski definition) is 0. The smallest absolute Gasteiger partial charge is 0.221 e. The highest BCUT2D eigenvalue weighted by atomic mass is 35.5. The average molecular weight is 201 g/mol. The van der Waals surface area contributed by atoms with Gasteiger partial charge in [0, 0.05) is 6.42 Å². The summed E-state index contributed by atoms with van der Waals surface area (Å²) in [5.74, 6) is -0.236. The highest BCUT2D eigenvalue weighted by Gasteiger charge is 2.05. The molecule has 0 saturated carbocycles. The van der Waals surface area contributed by atoms with Gasteiger partial charge in [-0.2, -0.15) is 0 Å². The molecule has 0 aliphatic carbocycles. The summed E-state index contributed by atoms with van der Waals surface area (Å²) in [5.41, 5.74) is 1.15. The van der Waals surface area contributed by atoms with E-state index in [-0.39, 0.29) is 12.2 Å². The van der Waals surface area contributed by atoms with Gasteiger partial charge >= 0.3 is 0 Å². The molecule has 0 unspecified atom stereocenters. The number of carbonyl (C=O) groups excluding carboxylic acids is 1. The third-order valence-electron chi connectivity index (χ3n) is 1.86. The highest BCUT2D eigenvalue weighted by Crippen LogP contribution is 2.13. The van der Waals surface area contributed by atoms with Gasteiger partial charge in [0.2, 0.25) is 5.24 Å². The van der Waals surface area contributed by atoms with E-state index >= 15 is 0 Å². The van der Waals surface area contributed by atoms with E-state index in [1.165, 1.54) is 0 Å². The molecule has 0 bridgehead atoms. The van der Waals surface area contributed by atoms with Gasteiger partial charge in [-0.1, -0.05) is 18.2 Å². The van der Waals surface area contributed by atoms with Crippen LogP contribution in [0, 0.1) is 12.7 Å². The zero-order chi connectivity index (χ0) is 9.84. The fraction of sp³-hybridized carbons (Fsp3) is 0.300. The highest BCUT2D eigenvalue weighted by molar-refractivity contribution is 6.63. The van der Waals surface area contributed by atoms with Gasteiger partial charge in [-0.3, -0.25) is 4.79 Å². The summed E-state index contributed by atoms with van der Waals surface area (Å²) >= 11 is 5.16. The second-order valence-electron chi connectivity index (χ2n) is 2.90. The normalized spacial score (nSPS) is 10.1. The number of hydrogen-bond acceptors (Lipinski definition) is 1. The molecule has 1 aromatic rings. The van der Waals surface area contributed by atoms with Gasteiger partial charge in [0.05, 0.1) is 0 Å². The first kappa shape index (κ1) is 10.2. The lowest BCUT2D eigenvalue weighted by Crippen LogP contribution is -1.96. The quantitative estimate of drug-likeness (QED) is 0.686. The topological polar surface area (TPSA) is 17.1 Å². The van der Waals surface area contributed by atoms with Crippen molar-refractivity contribution >= 4 is 16.8 Å². The van der Waals surface area contributed by atoms with Gasteiger partial charge < -0.3 is 0 Å². The molecule has 1 aromatic carbocycles. The van der Waals surface area contributed by atoms with Crippen LogP contribution in [0.3, 0.4) is 0 Å². The second-order valence-corrected chi connectivity index (χ2v) is 3.32. The Morgan fingerprint density at radius 1 is 1.54 bits per heavy atom. The van der Waals surface area contributed by atoms with Gasteiger partial charge in [-0.15, -0.1) is 0 Å². The van der Waals surface area contributed by atoms with Crippen LogP contribution >= 0.6 is 11.6 Å². The number of halogens is 2. The predicted octanol–water partition coefficient (Wildman–Crippen LogP) is 2.83. The Kier molecular flexibility index (Phi) is 3.43. The number of carbonyl (C=O) groups is 1. The van der Waals surface area contributed by atoms with Gasteiger partial charge in [0.1, 0.15) is 5.82 Å². The Labute approximate surface area is 81.5 Å². The maximum atomic E-state index is 13.3. The minimum atomic E-state index is -0.430. The Morgan fingerprint density at radius 2 is 2.23 bits per heavy atom. The molecule has 0 saturated heterocycles. The fourth-order valence-electron chi connectivity index (χ4n) is 1.13. The van der Waals surface area contributed by atoms with Crippen LogP contribution in [0.5, 0.6) is 0 Å². The second kappa shape index (κ2) is 4.38. The molecule has 0 heterocycles. The molecule has 0 aliphatic heterocycles. The molecule has 0 aromatic heterocycles. The lowest BCUT2D eigenvalue weighted by molar-refractivity contribution is -0.111. The van der Waals surface area contributed by atoms with E-state index in [1.807, 2.05) is 0 Å². The van der Waals surface area contributed by atoms with Crippen LogP contribution in [0.25, 0.3) is 0 Å². The minimum absolute atomic E-state index is 0.182. The Balaban J connectivity index is 2.77. The zero-order valence-corrected chi connectivity index (χ0v) is 8.07. The molecule has 1 rings (SSSR count). The van der Waals surface area contributed by atoms with E-state index in [1.54, 1.807) is 25.1 Å². The van der Waals surface area contributed by atoms with Crippen molar-refractivity contribution in [3.8, 4) is 0 Å². The van der Waals surface area contributed by atoms with Crippen LogP contribution in [0.2, 0.25) is 0 Å². The zero-order valence-electron chi connectivity index (χ0n) is 7.31. The van der Waals surface area contributed by atoms with Crippen LogP contribution in [0.4, 0.5) is 4.39 Å². The van der Waals surface area contributed by atoms with Gasteiger partial charge in [-0.05, 0) is 36.1 Å². The molecule has 0 fully saturated rings. The van der Waals surface area contributed by atoms with Crippen molar-refractivity contribution in [2.24, 2.45) is 0 Å². The first-order valence-electron chi connectivity index (χ1n) is 4.03. The molecule has 0 N–H and O–H groups in total. The molecule has 1 nitrogen and oxygen atoms in total. The van der Waals surface area contributed by atoms with Gasteiger partial charge in [0.25, 0.3) is 0 Å². The fourth-order valence-corrected chi connectivity index (χ4v) is 1.23. The summed E-state index contributed by atoms with van der Waals surface area (Å²) in [5, 5.41) is -0.430. The largest absolute Gasteiger partial charge is 0.281 e. The first-order valence-corrected chi connectivity index (χ1v) is 4.41. The number of benzene rings is 1. The monoisotopic (exact) mass is 200 g/mol. The van der Waals surface area contributed by atoms with Crippen LogP contribution in [0.1, 0.15) is 17.5 Å². The van der Waals surface area contributed by atoms with Crippen molar-refractivity contribution in [1.82, 2.24) is 0 Å². The van der Waals surface area contributed by atoms with Crippen LogP contribution in [0.15, 0.2) is 18.2 Å². The van der Waals surface area contributed by atoms with Crippen molar-refractivity contribution in [3.63, 3.8) is 0 Å². The van der Waals surface area contributed by atoms with Gasteiger partial charge in [-0.25, -0.2) is 4.39 Å². The third kappa shape index (κ3) is 2.81. The van der Waals surface area contributed by atoms with Crippen molar-refractivity contribution in [1.29, 1.82) is 0 Å². The summed E-state index contributed by atoms with van der Waals surface area (Å²) < 4.78 is 13.3. The average Bonchev–Trinajstić information content (AvgIpc) is 2.07. The van der Waals surface area contributed by atoms with E-state index in [0.29, 0.717) is 17.5 Å². The molecule has 13 heavy (non-hydrogen) atoms. The molecule has 0 atom stereocenters. The summed E-state index contributed by atoms with van der Waals surface area (Å²) in [6.07, 6.45) is 0.553. The lowest BCUT2D eigenvalue weighted by atomic mass is 10.1. The lowest BCUT2D eigenvalue weighted by Gasteiger charge is -2.02. The van der Waals surface area contributed by atoms with Crippen LogP contribution < -0.4 is 0 Å². The van der Waals surface area contributed by atoms with E-state index in [9.17, 15) is 9.18 Å². The summed E-state index contributed by atoms with van der Waals surface area (Å²) in [7, 11) is 0. The summed E-state index contributed by atoms with van der Waals surface area (Å²) in [4.78, 5) is 10.5. The third-order valence-corrected chi connectivity index (χ3v) is 2.05. The van der Waals surface area contributed by atoms with Crippen molar-refractivity contribution in [3.05, 3.63) is 35.1 Å². The molecule has 3 heteroatoms. The Morgan fingerprint density at radius 3 is 2.85 bits per heavy atom. The van der Waals surface area contributed by atoms with Crippen molar-refractivity contribution in [2.45, 2.75) is 19.8 Å². The number of aryl methyl sites for hydroxylation is 2. The maximum absolute atomic E-state index is 13.3. The molecular formula is C10H10ClFO. The van der Waals surface area contributed by atoms with Gasteiger partial charge in [0.15, 0.2) is 0 Å². The Bertz CT molecular complexity index is 323. The molecule has 0 radical (unpaired) electrons. The summed E-state index contributed by atoms with van der Waals surface area (Å²) in [6.45, 7) is 1.70. The van der Waals surface area contributed by atoms with E-state index in [2.05, 4.69) is 0 Å².